The fourth-order valence-corrected chi connectivity index (χ4v) is 3.25. The summed E-state index contributed by atoms with van der Waals surface area (Å²) in [4.78, 5) is 31.6. The normalized spacial score (nSPS) is 10.8. The van der Waals surface area contributed by atoms with Crippen molar-refractivity contribution >= 4 is 17.5 Å². The number of para-hydroxylation sites is 1. The third kappa shape index (κ3) is 5.18. The summed E-state index contributed by atoms with van der Waals surface area (Å²) in [5.41, 5.74) is 3.76. The van der Waals surface area contributed by atoms with Gasteiger partial charge in [-0.25, -0.2) is 0 Å². The van der Waals surface area contributed by atoms with Crippen molar-refractivity contribution in [2.75, 3.05) is 18.4 Å². The van der Waals surface area contributed by atoms with Gasteiger partial charge in [-0.15, -0.1) is 0 Å². The summed E-state index contributed by atoms with van der Waals surface area (Å²) in [6.07, 6.45) is 4.82. The number of nitrogens with zero attached hydrogens (tertiary/aromatic N) is 2. The van der Waals surface area contributed by atoms with Gasteiger partial charge in [0.1, 0.15) is 0 Å². The van der Waals surface area contributed by atoms with Crippen molar-refractivity contribution in [2.45, 2.75) is 53.4 Å². The first-order chi connectivity index (χ1) is 13.4. The summed E-state index contributed by atoms with van der Waals surface area (Å²) in [5.74, 6) is -0.0432. The number of nitrogens with one attached hydrogen (secondary N) is 1. The Morgan fingerprint density at radius 2 is 1.71 bits per heavy atom. The molecule has 0 saturated carbocycles. The second-order valence-corrected chi connectivity index (χ2v) is 7.40. The quantitative estimate of drug-likeness (QED) is 0.698. The van der Waals surface area contributed by atoms with E-state index in [9.17, 15) is 9.59 Å². The van der Waals surface area contributed by atoms with Crippen molar-refractivity contribution in [3.05, 3.63) is 58.9 Å². The molecule has 5 nitrogen and oxygen atoms in total. The van der Waals surface area contributed by atoms with Crippen molar-refractivity contribution in [1.29, 1.82) is 0 Å². The molecule has 0 radical (unpaired) electrons. The molecule has 2 rings (SSSR count). The zero-order valence-corrected chi connectivity index (χ0v) is 17.6. The van der Waals surface area contributed by atoms with Crippen molar-refractivity contribution in [3.8, 4) is 0 Å². The fourth-order valence-electron chi connectivity index (χ4n) is 3.25. The topological polar surface area (TPSA) is 62.3 Å². The Hall–Kier alpha value is -2.69. The third-order valence-corrected chi connectivity index (χ3v) is 4.69. The van der Waals surface area contributed by atoms with Crippen LogP contribution in [0, 0.1) is 6.92 Å². The Morgan fingerprint density at radius 3 is 2.32 bits per heavy atom. The highest BCUT2D eigenvalue weighted by atomic mass is 16.2. The first-order valence-electron chi connectivity index (χ1n) is 10.0. The highest BCUT2D eigenvalue weighted by molar-refractivity contribution is 6.06. The number of rotatable bonds is 8. The van der Waals surface area contributed by atoms with Crippen LogP contribution in [0.3, 0.4) is 0 Å². The molecule has 0 fully saturated rings. The Balaban J connectivity index is 2.27. The number of benzene rings is 1. The molecule has 1 aromatic heterocycles. The first kappa shape index (κ1) is 21.6. The lowest BCUT2D eigenvalue weighted by Gasteiger charge is -2.21. The molecular formula is C23H31N3O2. The number of amides is 2. The standard InChI is InChI=1S/C23H31N3O2/c1-6-11-26(12-7-2)23(28)19-13-18(14-24-15-19)22(27)25-21-17(5)9-8-10-20(21)16(3)4/h8-10,13-16H,6-7,11-12H2,1-5H3,(H,25,27). The highest BCUT2D eigenvalue weighted by Crippen LogP contribution is 2.27. The summed E-state index contributed by atoms with van der Waals surface area (Å²) in [7, 11) is 0. The van der Waals surface area contributed by atoms with Gasteiger partial charge >= 0.3 is 0 Å². The van der Waals surface area contributed by atoms with Crippen molar-refractivity contribution in [1.82, 2.24) is 9.88 Å². The summed E-state index contributed by atoms with van der Waals surface area (Å²) in [6, 6.07) is 7.64. The lowest BCUT2D eigenvalue weighted by molar-refractivity contribution is 0.0755. The van der Waals surface area contributed by atoms with E-state index in [0.29, 0.717) is 24.2 Å². The van der Waals surface area contributed by atoms with Crippen LogP contribution in [0.15, 0.2) is 36.7 Å². The van der Waals surface area contributed by atoms with Crippen molar-refractivity contribution in [3.63, 3.8) is 0 Å². The number of aryl methyl sites for hydroxylation is 1. The van der Waals surface area contributed by atoms with Gasteiger partial charge in [0.2, 0.25) is 0 Å². The zero-order valence-electron chi connectivity index (χ0n) is 17.6. The Bertz CT molecular complexity index is 824. The molecule has 0 bridgehead atoms. The van der Waals surface area contributed by atoms with Crippen molar-refractivity contribution < 1.29 is 9.59 Å². The van der Waals surface area contributed by atoms with Crippen LogP contribution in [0.2, 0.25) is 0 Å². The van der Waals surface area contributed by atoms with E-state index in [1.807, 2.05) is 43.9 Å². The fraction of sp³-hybridized carbons (Fsp3) is 0.435. The molecule has 0 atom stereocenters. The summed E-state index contributed by atoms with van der Waals surface area (Å²) >= 11 is 0. The van der Waals surface area contributed by atoms with Crippen LogP contribution in [-0.2, 0) is 0 Å². The van der Waals surface area contributed by atoms with E-state index in [0.717, 1.165) is 29.7 Å². The molecule has 0 saturated heterocycles. The van der Waals surface area contributed by atoms with Crippen LogP contribution in [0.1, 0.15) is 78.3 Å². The molecule has 2 amide bonds. The Morgan fingerprint density at radius 1 is 1.07 bits per heavy atom. The van der Waals surface area contributed by atoms with Gasteiger partial charge in [0.25, 0.3) is 11.8 Å². The predicted molar refractivity (Wildman–Crippen MR) is 114 cm³/mol. The molecular weight excluding hydrogens is 350 g/mol. The number of carbonyl (C=O) groups excluding carboxylic acids is 2. The molecule has 0 aliphatic rings. The third-order valence-electron chi connectivity index (χ3n) is 4.69. The number of hydrogen-bond donors (Lipinski definition) is 1. The molecule has 0 aliphatic heterocycles. The molecule has 5 heteroatoms. The number of hydrogen-bond acceptors (Lipinski definition) is 3. The zero-order chi connectivity index (χ0) is 20.7. The number of pyridine rings is 1. The van der Waals surface area contributed by atoms with Gasteiger partial charge in [-0.3, -0.25) is 14.6 Å². The van der Waals surface area contributed by atoms with Crippen LogP contribution < -0.4 is 5.32 Å². The molecule has 0 spiro atoms. The Labute approximate surface area is 168 Å². The van der Waals surface area contributed by atoms with Crippen molar-refractivity contribution in [2.24, 2.45) is 0 Å². The average molecular weight is 382 g/mol. The molecule has 1 aromatic carbocycles. The molecule has 2 aromatic rings. The van der Waals surface area contributed by atoms with Crippen LogP contribution in [0.5, 0.6) is 0 Å². The van der Waals surface area contributed by atoms with Crippen LogP contribution in [0.4, 0.5) is 5.69 Å². The first-order valence-corrected chi connectivity index (χ1v) is 10.0. The predicted octanol–water partition coefficient (Wildman–Crippen LogP) is 5.03. The van der Waals surface area contributed by atoms with Gasteiger partial charge in [0, 0.05) is 31.2 Å². The lowest BCUT2D eigenvalue weighted by atomic mass is 9.98. The van der Waals surface area contributed by atoms with E-state index < -0.39 is 0 Å². The van der Waals surface area contributed by atoms with E-state index in [2.05, 4.69) is 24.1 Å². The van der Waals surface area contributed by atoms with E-state index in [4.69, 9.17) is 0 Å². The Kier molecular flexibility index (Phi) is 7.73. The van der Waals surface area contributed by atoms with Gasteiger partial charge in [-0.1, -0.05) is 45.9 Å². The minimum atomic E-state index is -0.254. The van der Waals surface area contributed by atoms with E-state index in [1.54, 1.807) is 6.07 Å². The van der Waals surface area contributed by atoms with E-state index >= 15 is 0 Å². The maximum atomic E-state index is 12.9. The monoisotopic (exact) mass is 381 g/mol. The molecule has 1 heterocycles. The van der Waals surface area contributed by atoms with Gasteiger partial charge in [0.05, 0.1) is 11.1 Å². The van der Waals surface area contributed by atoms with Gasteiger partial charge in [-0.2, -0.15) is 0 Å². The number of carbonyl (C=O) groups is 2. The largest absolute Gasteiger partial charge is 0.339 e. The maximum Gasteiger partial charge on any atom is 0.257 e. The van der Waals surface area contributed by atoms with Crippen LogP contribution >= 0.6 is 0 Å². The maximum absolute atomic E-state index is 12.9. The molecule has 0 aliphatic carbocycles. The molecule has 1 N–H and O–H groups in total. The minimum absolute atomic E-state index is 0.0791. The molecule has 0 unspecified atom stereocenters. The summed E-state index contributed by atoms with van der Waals surface area (Å²) in [6.45, 7) is 11.7. The van der Waals surface area contributed by atoms with E-state index in [-0.39, 0.29) is 17.7 Å². The number of aromatic nitrogens is 1. The highest BCUT2D eigenvalue weighted by Gasteiger charge is 2.18. The second-order valence-electron chi connectivity index (χ2n) is 7.40. The molecule has 150 valence electrons. The van der Waals surface area contributed by atoms with Crippen LogP contribution in [0.25, 0.3) is 0 Å². The van der Waals surface area contributed by atoms with Gasteiger partial charge in [-0.05, 0) is 42.9 Å². The summed E-state index contributed by atoms with van der Waals surface area (Å²) < 4.78 is 0. The minimum Gasteiger partial charge on any atom is -0.339 e. The van der Waals surface area contributed by atoms with E-state index in [1.165, 1.54) is 12.4 Å². The van der Waals surface area contributed by atoms with Gasteiger partial charge < -0.3 is 10.2 Å². The number of anilines is 1. The SMILES string of the molecule is CCCN(CCC)C(=O)c1cncc(C(=O)Nc2c(C)cccc2C(C)C)c1. The van der Waals surface area contributed by atoms with Crippen LogP contribution in [-0.4, -0.2) is 34.8 Å². The summed E-state index contributed by atoms with van der Waals surface area (Å²) in [5, 5.41) is 3.02. The van der Waals surface area contributed by atoms with Gasteiger partial charge in [0.15, 0.2) is 0 Å². The average Bonchev–Trinajstić information content (AvgIpc) is 2.68. The lowest BCUT2D eigenvalue weighted by Crippen LogP contribution is -2.32. The second kappa shape index (κ2) is 10.0. The smallest absolute Gasteiger partial charge is 0.257 e. The molecule has 28 heavy (non-hydrogen) atoms.